The van der Waals surface area contributed by atoms with Crippen LogP contribution in [-0.2, 0) is 4.74 Å². The molecule has 0 aliphatic heterocycles. The minimum Gasteiger partial charge on any atom is -0.369 e. The van der Waals surface area contributed by atoms with E-state index < -0.39 is 12.8 Å². The maximum Gasteiger partial charge on any atom is 0.411 e. The molecule has 1 rings (SSSR count). The highest BCUT2D eigenvalue weighted by Gasteiger charge is 2.31. The molecule has 1 aliphatic carbocycles. The van der Waals surface area contributed by atoms with Gasteiger partial charge in [0.25, 0.3) is 0 Å². The summed E-state index contributed by atoms with van der Waals surface area (Å²) in [5.41, 5.74) is 5.42. The monoisotopic (exact) mass is 253 g/mol. The smallest absolute Gasteiger partial charge is 0.369 e. The van der Waals surface area contributed by atoms with Gasteiger partial charge in [-0.1, -0.05) is 25.7 Å². The fraction of sp³-hybridized carbons (Fsp3) is 1.00. The van der Waals surface area contributed by atoms with Gasteiger partial charge in [-0.3, -0.25) is 0 Å². The van der Waals surface area contributed by atoms with Gasteiger partial charge in [0, 0.05) is 0 Å². The average molecular weight is 253 g/mol. The molecule has 0 amide bonds. The minimum absolute atomic E-state index is 0.201. The Balaban J connectivity index is 2.19. The summed E-state index contributed by atoms with van der Waals surface area (Å²) >= 11 is 0. The highest BCUT2D eigenvalue weighted by molar-refractivity contribution is 4.74. The average Bonchev–Trinajstić information content (AvgIpc) is 2.27. The van der Waals surface area contributed by atoms with Gasteiger partial charge in [-0.25, -0.2) is 0 Å². The van der Waals surface area contributed by atoms with Crippen LogP contribution in [0.3, 0.4) is 0 Å². The van der Waals surface area contributed by atoms with E-state index in [4.69, 9.17) is 10.5 Å². The molecule has 17 heavy (non-hydrogen) atoms. The van der Waals surface area contributed by atoms with Crippen molar-refractivity contribution < 1.29 is 17.9 Å². The second-order valence-corrected chi connectivity index (χ2v) is 4.87. The molecular formula is C12H22F3NO. The van der Waals surface area contributed by atoms with E-state index in [0.717, 1.165) is 44.9 Å². The first-order valence-corrected chi connectivity index (χ1v) is 6.39. The van der Waals surface area contributed by atoms with E-state index in [2.05, 4.69) is 0 Å². The molecule has 2 N–H and O–H groups in total. The van der Waals surface area contributed by atoms with Gasteiger partial charge in [0.2, 0.25) is 0 Å². The van der Waals surface area contributed by atoms with Crippen LogP contribution < -0.4 is 5.73 Å². The number of hydrogen-bond donors (Lipinski definition) is 1. The van der Waals surface area contributed by atoms with Crippen molar-refractivity contribution >= 4 is 0 Å². The van der Waals surface area contributed by atoms with Crippen LogP contribution in [0.5, 0.6) is 0 Å². The summed E-state index contributed by atoms with van der Waals surface area (Å²) in [6.07, 6.45) is 2.40. The molecule has 1 aliphatic rings. The molecule has 0 aromatic carbocycles. The van der Waals surface area contributed by atoms with Crippen LogP contribution in [0.15, 0.2) is 0 Å². The SMILES string of the molecule is NCCCCC1CCCC(OCC(F)(F)F)C1. The molecule has 0 bridgehead atoms. The lowest BCUT2D eigenvalue weighted by Crippen LogP contribution is -2.28. The number of rotatable bonds is 6. The molecule has 2 nitrogen and oxygen atoms in total. The number of unbranched alkanes of at least 4 members (excludes halogenated alkanes) is 1. The molecule has 1 fully saturated rings. The van der Waals surface area contributed by atoms with Gasteiger partial charge in [0.15, 0.2) is 0 Å². The summed E-state index contributed by atoms with van der Waals surface area (Å²) in [5.74, 6) is 0.522. The van der Waals surface area contributed by atoms with Gasteiger partial charge < -0.3 is 10.5 Å². The summed E-state index contributed by atoms with van der Waals surface area (Å²) in [6, 6.07) is 0. The Hall–Kier alpha value is -0.290. The Morgan fingerprint density at radius 1 is 1.18 bits per heavy atom. The van der Waals surface area contributed by atoms with E-state index in [9.17, 15) is 13.2 Å². The molecule has 0 radical (unpaired) electrons. The molecular weight excluding hydrogens is 231 g/mol. The molecule has 0 spiro atoms. The van der Waals surface area contributed by atoms with Crippen molar-refractivity contribution in [2.24, 2.45) is 11.7 Å². The van der Waals surface area contributed by atoms with Gasteiger partial charge in [-0.05, 0) is 31.7 Å². The second kappa shape index (κ2) is 7.21. The Kier molecular flexibility index (Phi) is 6.27. The number of hydrogen-bond acceptors (Lipinski definition) is 2. The van der Waals surface area contributed by atoms with E-state index in [1.807, 2.05) is 0 Å². The summed E-state index contributed by atoms with van der Waals surface area (Å²) in [5, 5.41) is 0. The standard InChI is InChI=1S/C12H22F3NO/c13-12(14,15)9-17-11-6-3-5-10(8-11)4-1-2-7-16/h10-11H,1-9,16H2. The van der Waals surface area contributed by atoms with Gasteiger partial charge in [-0.15, -0.1) is 0 Å². The normalized spacial score (nSPS) is 26.1. The van der Waals surface area contributed by atoms with Crippen molar-refractivity contribution in [1.29, 1.82) is 0 Å². The van der Waals surface area contributed by atoms with Crippen molar-refractivity contribution in [2.75, 3.05) is 13.2 Å². The highest BCUT2D eigenvalue weighted by Crippen LogP contribution is 2.30. The minimum atomic E-state index is -4.20. The molecule has 102 valence electrons. The van der Waals surface area contributed by atoms with Crippen molar-refractivity contribution in [3.63, 3.8) is 0 Å². The summed E-state index contributed by atoms with van der Waals surface area (Å²) in [6.45, 7) is -0.409. The zero-order valence-corrected chi connectivity index (χ0v) is 10.1. The molecule has 0 aromatic heterocycles. The van der Waals surface area contributed by atoms with Crippen LogP contribution in [-0.4, -0.2) is 25.4 Å². The summed E-state index contributed by atoms with van der Waals surface area (Å²) in [4.78, 5) is 0. The third kappa shape index (κ3) is 6.88. The molecule has 2 atom stereocenters. The van der Waals surface area contributed by atoms with Crippen LogP contribution in [0.2, 0.25) is 0 Å². The zero-order chi connectivity index (χ0) is 12.7. The molecule has 5 heteroatoms. The number of ether oxygens (including phenoxy) is 1. The zero-order valence-electron chi connectivity index (χ0n) is 10.1. The van der Waals surface area contributed by atoms with Crippen LogP contribution in [0.1, 0.15) is 44.9 Å². The van der Waals surface area contributed by atoms with Crippen molar-refractivity contribution in [2.45, 2.75) is 57.2 Å². The third-order valence-electron chi connectivity index (χ3n) is 3.28. The lowest BCUT2D eigenvalue weighted by atomic mass is 9.84. The first kappa shape index (κ1) is 14.8. The fourth-order valence-electron chi connectivity index (χ4n) is 2.44. The van der Waals surface area contributed by atoms with E-state index in [1.165, 1.54) is 0 Å². The molecule has 0 saturated heterocycles. The Morgan fingerprint density at radius 3 is 2.59 bits per heavy atom. The first-order chi connectivity index (χ1) is 8.01. The van der Waals surface area contributed by atoms with Crippen molar-refractivity contribution in [3.8, 4) is 0 Å². The quantitative estimate of drug-likeness (QED) is 0.737. The van der Waals surface area contributed by atoms with Crippen LogP contribution in [0.25, 0.3) is 0 Å². The number of halogens is 3. The highest BCUT2D eigenvalue weighted by atomic mass is 19.4. The molecule has 1 saturated carbocycles. The topological polar surface area (TPSA) is 35.2 Å². The first-order valence-electron chi connectivity index (χ1n) is 6.39. The fourth-order valence-corrected chi connectivity index (χ4v) is 2.44. The predicted molar refractivity (Wildman–Crippen MR) is 60.7 cm³/mol. The maximum absolute atomic E-state index is 12.0. The van der Waals surface area contributed by atoms with Crippen molar-refractivity contribution in [3.05, 3.63) is 0 Å². The number of alkyl halides is 3. The third-order valence-corrected chi connectivity index (χ3v) is 3.28. The van der Waals surface area contributed by atoms with E-state index in [0.29, 0.717) is 12.5 Å². The molecule has 2 unspecified atom stereocenters. The van der Waals surface area contributed by atoms with E-state index in [1.54, 1.807) is 0 Å². The maximum atomic E-state index is 12.0. The van der Waals surface area contributed by atoms with Crippen LogP contribution >= 0.6 is 0 Å². The van der Waals surface area contributed by atoms with Crippen LogP contribution in [0, 0.1) is 5.92 Å². The Bertz CT molecular complexity index is 208. The Morgan fingerprint density at radius 2 is 1.94 bits per heavy atom. The van der Waals surface area contributed by atoms with Gasteiger partial charge >= 0.3 is 6.18 Å². The van der Waals surface area contributed by atoms with E-state index >= 15 is 0 Å². The largest absolute Gasteiger partial charge is 0.411 e. The summed E-state index contributed by atoms with van der Waals surface area (Å²) in [7, 11) is 0. The summed E-state index contributed by atoms with van der Waals surface area (Å²) < 4.78 is 41.0. The van der Waals surface area contributed by atoms with Crippen molar-refractivity contribution in [1.82, 2.24) is 0 Å². The van der Waals surface area contributed by atoms with Gasteiger partial charge in [0.1, 0.15) is 6.61 Å². The number of nitrogens with two attached hydrogens (primary N) is 1. The van der Waals surface area contributed by atoms with Crippen LogP contribution in [0.4, 0.5) is 13.2 Å². The van der Waals surface area contributed by atoms with Gasteiger partial charge in [0.05, 0.1) is 6.10 Å². The van der Waals surface area contributed by atoms with E-state index in [-0.39, 0.29) is 6.10 Å². The predicted octanol–water partition coefficient (Wildman–Crippen LogP) is 3.25. The molecule has 0 aromatic rings. The Labute approximate surface area is 101 Å². The second-order valence-electron chi connectivity index (χ2n) is 4.87. The lowest BCUT2D eigenvalue weighted by Gasteiger charge is -2.29. The van der Waals surface area contributed by atoms with Gasteiger partial charge in [-0.2, -0.15) is 13.2 Å². The lowest BCUT2D eigenvalue weighted by molar-refractivity contribution is -0.189. The molecule has 0 heterocycles.